The molecule has 0 radical (unpaired) electrons. The minimum atomic E-state index is -0.549. The van der Waals surface area contributed by atoms with Gasteiger partial charge in [-0.2, -0.15) is 0 Å². The molecule has 230 valence electrons. The lowest BCUT2D eigenvalue weighted by atomic mass is 10.1. The normalized spacial score (nSPS) is 11.8. The van der Waals surface area contributed by atoms with Gasteiger partial charge in [0.25, 0.3) is 11.8 Å². The van der Waals surface area contributed by atoms with Crippen LogP contribution in [0, 0.1) is 13.8 Å². The number of halogens is 1. The van der Waals surface area contributed by atoms with Gasteiger partial charge >= 0.3 is 0 Å². The number of thioether (sulfide) groups is 1. The average molecular weight is 691 g/mol. The third kappa shape index (κ3) is 8.84. The summed E-state index contributed by atoms with van der Waals surface area (Å²) in [4.78, 5) is 41.0. The SMILES string of the molecule is Cc1ccc(NC(=O)C(Sc2cccc(NC(=O)/C(=C/c3ccc(Br)cc3)NC(=O)c3ccccc3)c2)c2ccccc2)cc1C. The Hall–Kier alpha value is -4.92. The van der Waals surface area contributed by atoms with Crippen molar-refractivity contribution in [3.05, 3.63) is 165 Å². The van der Waals surface area contributed by atoms with E-state index in [1.807, 2.05) is 111 Å². The quantitative estimate of drug-likeness (QED) is 0.101. The van der Waals surface area contributed by atoms with E-state index < -0.39 is 17.1 Å². The Kier molecular flexibility index (Phi) is 10.9. The van der Waals surface area contributed by atoms with Gasteiger partial charge in [-0.05, 0) is 96.8 Å². The van der Waals surface area contributed by atoms with E-state index in [-0.39, 0.29) is 11.6 Å². The van der Waals surface area contributed by atoms with Crippen molar-refractivity contribution in [1.82, 2.24) is 5.32 Å². The molecule has 0 aliphatic carbocycles. The van der Waals surface area contributed by atoms with Crippen LogP contribution in [-0.4, -0.2) is 17.7 Å². The zero-order chi connectivity index (χ0) is 32.5. The van der Waals surface area contributed by atoms with E-state index in [4.69, 9.17) is 0 Å². The molecule has 0 fully saturated rings. The summed E-state index contributed by atoms with van der Waals surface area (Å²) in [6, 6.07) is 38.9. The van der Waals surface area contributed by atoms with Gasteiger partial charge in [0, 0.05) is 26.3 Å². The molecule has 0 spiro atoms. The Balaban J connectivity index is 1.37. The first-order valence-electron chi connectivity index (χ1n) is 14.6. The van der Waals surface area contributed by atoms with Crippen molar-refractivity contribution in [1.29, 1.82) is 0 Å². The molecular weight excluding hydrogens is 658 g/mol. The number of hydrogen-bond acceptors (Lipinski definition) is 4. The molecule has 0 bridgehead atoms. The largest absolute Gasteiger partial charge is 0.325 e. The fourth-order valence-corrected chi connectivity index (χ4v) is 5.93. The number of hydrogen-bond donors (Lipinski definition) is 3. The van der Waals surface area contributed by atoms with E-state index in [0.29, 0.717) is 11.3 Å². The first kappa shape index (κ1) is 32.5. The van der Waals surface area contributed by atoms with Crippen molar-refractivity contribution in [3.8, 4) is 0 Å². The fraction of sp³-hybridized carbons (Fsp3) is 0.0789. The molecule has 3 amide bonds. The molecule has 0 aliphatic heterocycles. The van der Waals surface area contributed by atoms with E-state index in [0.717, 1.165) is 37.3 Å². The van der Waals surface area contributed by atoms with Gasteiger partial charge in [-0.15, -0.1) is 11.8 Å². The predicted molar refractivity (Wildman–Crippen MR) is 191 cm³/mol. The van der Waals surface area contributed by atoms with Crippen LogP contribution >= 0.6 is 27.7 Å². The van der Waals surface area contributed by atoms with Gasteiger partial charge in [-0.25, -0.2) is 0 Å². The molecule has 8 heteroatoms. The zero-order valence-corrected chi connectivity index (χ0v) is 27.7. The Bertz CT molecular complexity index is 1880. The standard InChI is InChI=1S/C38H32BrN3O3S/c1-25-16-21-32(22-26(25)2)41-38(45)35(28-10-5-3-6-11-28)46-33-15-9-14-31(24-33)40-37(44)34(23-27-17-19-30(39)20-18-27)42-36(43)29-12-7-4-8-13-29/h3-24,35H,1-2H3,(H,40,44)(H,41,45)(H,42,43)/b34-23-. The second-order valence-electron chi connectivity index (χ2n) is 10.6. The molecule has 5 aromatic rings. The molecular formula is C38H32BrN3O3S. The molecule has 1 unspecified atom stereocenters. The molecule has 0 heterocycles. The second-order valence-corrected chi connectivity index (χ2v) is 12.7. The van der Waals surface area contributed by atoms with Gasteiger partial charge in [0.1, 0.15) is 10.9 Å². The smallest absolute Gasteiger partial charge is 0.272 e. The highest BCUT2D eigenvalue weighted by atomic mass is 79.9. The number of carbonyl (C=O) groups excluding carboxylic acids is 3. The Labute approximate surface area is 281 Å². The number of anilines is 2. The summed E-state index contributed by atoms with van der Waals surface area (Å²) in [5.41, 5.74) is 5.62. The van der Waals surface area contributed by atoms with E-state index >= 15 is 0 Å². The molecule has 0 aromatic heterocycles. The minimum absolute atomic E-state index is 0.0872. The lowest BCUT2D eigenvalue weighted by Gasteiger charge is -2.18. The van der Waals surface area contributed by atoms with Crippen LogP contribution in [-0.2, 0) is 9.59 Å². The summed E-state index contributed by atoms with van der Waals surface area (Å²) in [6.07, 6.45) is 1.63. The third-order valence-electron chi connectivity index (χ3n) is 7.17. The number of aryl methyl sites for hydroxylation is 2. The van der Waals surface area contributed by atoms with Crippen LogP contribution in [0.2, 0.25) is 0 Å². The number of rotatable bonds is 10. The van der Waals surface area contributed by atoms with Gasteiger partial charge in [0.05, 0.1) is 0 Å². The summed E-state index contributed by atoms with van der Waals surface area (Å²) in [7, 11) is 0. The molecule has 5 aromatic carbocycles. The maximum atomic E-state index is 13.6. The third-order valence-corrected chi connectivity index (χ3v) is 8.95. The van der Waals surface area contributed by atoms with Crippen molar-refractivity contribution in [2.75, 3.05) is 10.6 Å². The molecule has 1 atom stereocenters. The summed E-state index contributed by atoms with van der Waals surface area (Å²) >= 11 is 4.81. The van der Waals surface area contributed by atoms with Crippen LogP contribution in [0.3, 0.4) is 0 Å². The number of amides is 3. The Morgan fingerprint density at radius 1 is 0.696 bits per heavy atom. The topological polar surface area (TPSA) is 87.3 Å². The van der Waals surface area contributed by atoms with Crippen LogP contribution < -0.4 is 16.0 Å². The molecule has 6 nitrogen and oxygen atoms in total. The molecule has 3 N–H and O–H groups in total. The summed E-state index contributed by atoms with van der Waals surface area (Å²) in [5.74, 6) is -1.04. The van der Waals surface area contributed by atoms with Gasteiger partial charge in [-0.1, -0.05) is 88.7 Å². The molecule has 46 heavy (non-hydrogen) atoms. The highest BCUT2D eigenvalue weighted by Crippen LogP contribution is 2.37. The summed E-state index contributed by atoms with van der Waals surface area (Å²) in [5, 5.41) is 8.21. The van der Waals surface area contributed by atoms with Crippen molar-refractivity contribution in [3.63, 3.8) is 0 Å². The van der Waals surface area contributed by atoms with Gasteiger partial charge in [-0.3, -0.25) is 14.4 Å². The summed E-state index contributed by atoms with van der Waals surface area (Å²) < 4.78 is 0.898. The maximum absolute atomic E-state index is 13.6. The number of nitrogens with one attached hydrogen (secondary N) is 3. The van der Waals surface area contributed by atoms with E-state index in [9.17, 15) is 14.4 Å². The van der Waals surface area contributed by atoms with Crippen LogP contribution in [0.5, 0.6) is 0 Å². The molecule has 0 aliphatic rings. The predicted octanol–water partition coefficient (Wildman–Crippen LogP) is 8.95. The second kappa shape index (κ2) is 15.4. The monoisotopic (exact) mass is 689 g/mol. The fourth-order valence-electron chi connectivity index (χ4n) is 4.58. The van der Waals surface area contributed by atoms with Crippen LogP contribution in [0.15, 0.2) is 142 Å². The van der Waals surface area contributed by atoms with Crippen LogP contribution in [0.1, 0.15) is 37.9 Å². The Morgan fingerprint density at radius 3 is 2.07 bits per heavy atom. The minimum Gasteiger partial charge on any atom is -0.325 e. The van der Waals surface area contributed by atoms with Crippen molar-refractivity contribution >= 4 is 62.9 Å². The first-order valence-corrected chi connectivity index (χ1v) is 16.3. The average Bonchev–Trinajstić information content (AvgIpc) is 3.07. The van der Waals surface area contributed by atoms with Gasteiger partial charge in [0.15, 0.2) is 0 Å². The van der Waals surface area contributed by atoms with Crippen molar-refractivity contribution in [2.24, 2.45) is 0 Å². The van der Waals surface area contributed by atoms with Gasteiger partial charge < -0.3 is 16.0 Å². The lowest BCUT2D eigenvalue weighted by Crippen LogP contribution is -2.30. The molecule has 5 rings (SSSR count). The first-order chi connectivity index (χ1) is 22.2. The van der Waals surface area contributed by atoms with E-state index in [1.54, 1.807) is 36.4 Å². The Morgan fingerprint density at radius 2 is 1.37 bits per heavy atom. The van der Waals surface area contributed by atoms with Crippen LogP contribution in [0.25, 0.3) is 6.08 Å². The zero-order valence-electron chi connectivity index (χ0n) is 25.3. The lowest BCUT2D eigenvalue weighted by molar-refractivity contribution is -0.116. The number of carbonyl (C=O) groups is 3. The number of benzene rings is 5. The van der Waals surface area contributed by atoms with Crippen molar-refractivity contribution in [2.45, 2.75) is 24.0 Å². The molecule has 0 saturated carbocycles. The van der Waals surface area contributed by atoms with E-state index in [1.165, 1.54) is 11.8 Å². The van der Waals surface area contributed by atoms with Crippen LogP contribution in [0.4, 0.5) is 11.4 Å². The van der Waals surface area contributed by atoms with Crippen molar-refractivity contribution < 1.29 is 14.4 Å². The molecule has 0 saturated heterocycles. The van der Waals surface area contributed by atoms with E-state index in [2.05, 4.69) is 31.9 Å². The maximum Gasteiger partial charge on any atom is 0.272 e. The summed E-state index contributed by atoms with van der Waals surface area (Å²) in [6.45, 7) is 4.05. The highest BCUT2D eigenvalue weighted by Gasteiger charge is 2.23. The highest BCUT2D eigenvalue weighted by molar-refractivity contribution is 9.10. The van der Waals surface area contributed by atoms with Gasteiger partial charge in [0.2, 0.25) is 5.91 Å².